The Morgan fingerprint density at radius 2 is 1.97 bits per heavy atom. The zero-order valence-electron chi connectivity index (χ0n) is 22.2. The van der Waals surface area contributed by atoms with Crippen LogP contribution >= 0.6 is 11.3 Å². The van der Waals surface area contributed by atoms with Crippen molar-refractivity contribution in [3.8, 4) is 17.0 Å². The highest BCUT2D eigenvalue weighted by Gasteiger charge is 2.43. The van der Waals surface area contributed by atoms with Crippen molar-refractivity contribution >= 4 is 38.7 Å². The van der Waals surface area contributed by atoms with Crippen molar-refractivity contribution < 1.29 is 19.2 Å². The molecule has 0 atom stereocenters. The first-order valence-electron chi connectivity index (χ1n) is 13.6. The number of carbonyl (C=O) groups is 1. The Bertz CT molecular complexity index is 1610. The summed E-state index contributed by atoms with van der Waals surface area (Å²) in [6.07, 6.45) is 9.28. The van der Waals surface area contributed by atoms with Gasteiger partial charge in [-0.3, -0.25) is 0 Å². The Hall–Kier alpha value is -3.65. The Labute approximate surface area is 231 Å². The maximum Gasteiger partial charge on any atom is 0.339 e. The molecule has 7 nitrogen and oxygen atoms in total. The summed E-state index contributed by atoms with van der Waals surface area (Å²) < 4.78 is 12.1. The summed E-state index contributed by atoms with van der Waals surface area (Å²) in [6.45, 7) is 4.06. The van der Waals surface area contributed by atoms with Crippen LogP contribution in [0.5, 0.6) is 5.75 Å². The van der Waals surface area contributed by atoms with Gasteiger partial charge in [-0.05, 0) is 68.6 Å². The second-order valence-electron chi connectivity index (χ2n) is 11.4. The third kappa shape index (κ3) is 4.31. The number of allylic oxidation sites excluding steroid dienone is 1. The number of nitrogens with zero attached hydrogens (tertiary/aromatic N) is 3. The number of hydrogen-bond acceptors (Lipinski definition) is 7. The molecule has 0 bridgehead atoms. The average Bonchev–Trinajstić information content (AvgIpc) is 3.55. The average molecular weight is 542 g/mol. The van der Waals surface area contributed by atoms with Crippen molar-refractivity contribution in [3.05, 3.63) is 64.4 Å². The van der Waals surface area contributed by atoms with Crippen LogP contribution in [0.1, 0.15) is 71.7 Å². The second kappa shape index (κ2) is 9.23. The minimum Gasteiger partial charge on any atom is -0.496 e. The lowest BCUT2D eigenvalue weighted by atomic mass is 9.60. The number of aromatic nitrogens is 2. The summed E-state index contributed by atoms with van der Waals surface area (Å²) in [4.78, 5) is 18.8. The summed E-state index contributed by atoms with van der Waals surface area (Å²) >= 11 is 1.56. The Balaban J connectivity index is 1.07. The zero-order valence-corrected chi connectivity index (χ0v) is 23.0. The van der Waals surface area contributed by atoms with E-state index in [9.17, 15) is 9.90 Å². The molecule has 2 saturated carbocycles. The first kappa shape index (κ1) is 24.4. The van der Waals surface area contributed by atoms with E-state index in [0.717, 1.165) is 71.1 Å². The molecule has 4 aromatic rings. The molecular weight excluding hydrogens is 510 g/mol. The SMILES string of the molecule is COc1cc2nc(N3CCC4(CC3)CC(=Cc3c(-c5ccccc5C)noc3C3CC3)C4)sc2cc1C(=O)O. The molecule has 1 aliphatic heterocycles. The van der Waals surface area contributed by atoms with Gasteiger partial charge in [0.2, 0.25) is 0 Å². The summed E-state index contributed by atoms with van der Waals surface area (Å²) in [7, 11) is 1.49. The fourth-order valence-electron chi connectivity index (χ4n) is 6.28. The number of hydrogen-bond donors (Lipinski definition) is 1. The lowest BCUT2D eigenvalue weighted by molar-refractivity contribution is 0.0693. The second-order valence-corrected chi connectivity index (χ2v) is 12.4. The number of carboxylic acid groups (broad SMARTS) is 1. The van der Waals surface area contributed by atoms with E-state index in [1.54, 1.807) is 23.5 Å². The molecule has 1 saturated heterocycles. The maximum atomic E-state index is 11.6. The molecule has 2 aliphatic carbocycles. The molecule has 7 rings (SSSR count). The quantitative estimate of drug-likeness (QED) is 0.274. The Morgan fingerprint density at radius 3 is 2.67 bits per heavy atom. The van der Waals surface area contributed by atoms with E-state index in [4.69, 9.17) is 14.2 Å². The number of methoxy groups -OCH3 is 1. The van der Waals surface area contributed by atoms with Crippen molar-refractivity contribution in [1.29, 1.82) is 0 Å². The van der Waals surface area contributed by atoms with Gasteiger partial charge in [0.15, 0.2) is 5.13 Å². The van der Waals surface area contributed by atoms with Gasteiger partial charge in [-0.2, -0.15) is 0 Å². The van der Waals surface area contributed by atoms with Crippen LogP contribution in [-0.4, -0.2) is 41.4 Å². The molecule has 3 aliphatic rings. The summed E-state index contributed by atoms with van der Waals surface area (Å²) in [6, 6.07) is 11.8. The molecular formula is C31H31N3O4S. The number of benzene rings is 2. The van der Waals surface area contributed by atoms with Crippen LogP contribution in [0.3, 0.4) is 0 Å². The minimum atomic E-state index is -0.987. The van der Waals surface area contributed by atoms with E-state index < -0.39 is 5.97 Å². The van der Waals surface area contributed by atoms with E-state index >= 15 is 0 Å². The van der Waals surface area contributed by atoms with Crippen LogP contribution in [0, 0.1) is 12.3 Å². The van der Waals surface area contributed by atoms with E-state index in [2.05, 4.69) is 47.3 Å². The van der Waals surface area contributed by atoms with Crippen molar-refractivity contribution in [3.63, 3.8) is 0 Å². The molecule has 200 valence electrons. The first-order chi connectivity index (χ1) is 18.9. The normalized spacial score (nSPS) is 18.4. The van der Waals surface area contributed by atoms with Gasteiger partial charge in [-0.25, -0.2) is 9.78 Å². The monoisotopic (exact) mass is 541 g/mol. The van der Waals surface area contributed by atoms with Gasteiger partial charge in [0, 0.05) is 36.2 Å². The number of carboxylic acids is 1. The Morgan fingerprint density at radius 1 is 1.21 bits per heavy atom. The van der Waals surface area contributed by atoms with Crippen molar-refractivity contribution in [2.24, 2.45) is 5.41 Å². The van der Waals surface area contributed by atoms with Crippen molar-refractivity contribution in [2.75, 3.05) is 25.1 Å². The third-order valence-electron chi connectivity index (χ3n) is 8.68. The number of aromatic carboxylic acids is 1. The lowest BCUT2D eigenvalue weighted by Gasteiger charge is -2.49. The number of anilines is 1. The summed E-state index contributed by atoms with van der Waals surface area (Å²) in [5, 5.41) is 15.0. The number of piperidine rings is 1. The maximum absolute atomic E-state index is 11.6. The van der Waals surface area contributed by atoms with E-state index in [-0.39, 0.29) is 5.56 Å². The Kier molecular flexibility index (Phi) is 5.77. The van der Waals surface area contributed by atoms with Gasteiger partial charge in [0.25, 0.3) is 0 Å². The molecule has 1 spiro atoms. The lowest BCUT2D eigenvalue weighted by Crippen LogP contribution is -2.44. The minimum absolute atomic E-state index is 0.176. The molecule has 3 heterocycles. The van der Waals surface area contributed by atoms with E-state index in [1.165, 1.54) is 36.7 Å². The van der Waals surface area contributed by atoms with Crippen LogP contribution in [0.4, 0.5) is 5.13 Å². The predicted octanol–water partition coefficient (Wildman–Crippen LogP) is 7.31. The molecule has 3 fully saturated rings. The molecule has 39 heavy (non-hydrogen) atoms. The first-order valence-corrected chi connectivity index (χ1v) is 14.5. The summed E-state index contributed by atoms with van der Waals surface area (Å²) in [5.41, 5.74) is 7.38. The smallest absolute Gasteiger partial charge is 0.339 e. The van der Waals surface area contributed by atoms with Gasteiger partial charge >= 0.3 is 5.97 Å². The van der Waals surface area contributed by atoms with Gasteiger partial charge in [-0.1, -0.05) is 46.3 Å². The fraction of sp³-hybridized carbons (Fsp3) is 0.387. The molecule has 2 aromatic heterocycles. The standard InChI is InChI=1S/C31H31N3O4S/c1-18-5-3-4-6-21(18)27-23(28(38-33-27)20-7-8-20)13-19-16-31(17-19)9-11-34(12-10-31)30-32-24-15-25(37-2)22(29(35)36)14-26(24)39-30/h3-6,13-15,20H,7-12,16-17H2,1-2H3,(H,35,36). The molecule has 0 unspecified atom stereocenters. The largest absolute Gasteiger partial charge is 0.496 e. The number of ether oxygens (including phenoxy) is 1. The predicted molar refractivity (Wildman–Crippen MR) is 153 cm³/mol. The number of aryl methyl sites for hydroxylation is 1. The van der Waals surface area contributed by atoms with Gasteiger partial charge in [-0.15, -0.1) is 0 Å². The highest BCUT2D eigenvalue weighted by atomic mass is 32.1. The van der Waals surface area contributed by atoms with Crippen LogP contribution in [-0.2, 0) is 0 Å². The number of thiazole rings is 1. The molecule has 8 heteroatoms. The number of rotatable bonds is 6. The molecule has 1 N–H and O–H groups in total. The van der Waals surface area contributed by atoms with Gasteiger partial charge in [0.1, 0.15) is 22.8 Å². The van der Waals surface area contributed by atoms with Crippen LogP contribution in [0.2, 0.25) is 0 Å². The van der Waals surface area contributed by atoms with E-state index in [0.29, 0.717) is 17.1 Å². The highest BCUT2D eigenvalue weighted by Crippen LogP contribution is 2.54. The number of fused-ring (bicyclic) bond motifs is 1. The summed E-state index contributed by atoms with van der Waals surface area (Å²) in [5.74, 6) is 0.940. The van der Waals surface area contributed by atoms with Crippen LogP contribution < -0.4 is 9.64 Å². The van der Waals surface area contributed by atoms with E-state index in [1.807, 2.05) is 0 Å². The molecule has 2 aromatic carbocycles. The van der Waals surface area contributed by atoms with Gasteiger partial charge < -0.3 is 19.3 Å². The fourth-order valence-corrected chi connectivity index (χ4v) is 7.32. The highest BCUT2D eigenvalue weighted by molar-refractivity contribution is 7.22. The van der Waals surface area contributed by atoms with Crippen molar-refractivity contribution in [1.82, 2.24) is 10.1 Å². The van der Waals surface area contributed by atoms with Crippen LogP contribution in [0.15, 0.2) is 46.5 Å². The topological polar surface area (TPSA) is 88.7 Å². The molecule has 0 amide bonds. The van der Waals surface area contributed by atoms with Gasteiger partial charge in [0.05, 0.1) is 17.3 Å². The zero-order chi connectivity index (χ0) is 26.7. The van der Waals surface area contributed by atoms with Crippen LogP contribution in [0.25, 0.3) is 27.6 Å². The van der Waals surface area contributed by atoms with Crippen molar-refractivity contribution in [2.45, 2.75) is 51.4 Å². The third-order valence-corrected chi connectivity index (χ3v) is 9.76. The molecule has 0 radical (unpaired) electrons.